The molecule has 4 nitrogen and oxygen atoms in total. The van der Waals surface area contributed by atoms with Gasteiger partial charge in [0.2, 0.25) is 0 Å². The van der Waals surface area contributed by atoms with Gasteiger partial charge in [0.05, 0.1) is 0 Å². The lowest BCUT2D eigenvalue weighted by Gasteiger charge is -2.56. The number of hydrogen-bond acceptors (Lipinski definition) is 2. The summed E-state index contributed by atoms with van der Waals surface area (Å²) in [6, 6.07) is 7.54. The highest BCUT2D eigenvalue weighted by Crippen LogP contribution is 2.50. The van der Waals surface area contributed by atoms with E-state index in [1.54, 1.807) is 4.90 Å². The molecule has 0 spiro atoms. The Hall–Kier alpha value is -1.26. The summed E-state index contributed by atoms with van der Waals surface area (Å²) in [7, 11) is 0. The Morgan fingerprint density at radius 3 is 2.33 bits per heavy atom. The quantitative estimate of drug-likeness (QED) is 0.804. The topological polar surface area (TPSA) is 66.6 Å². The van der Waals surface area contributed by atoms with E-state index in [2.05, 4.69) is 20.8 Å². The van der Waals surface area contributed by atoms with Gasteiger partial charge in [-0.05, 0) is 55.2 Å². The van der Waals surface area contributed by atoms with Crippen molar-refractivity contribution in [1.29, 1.82) is 0 Å². The van der Waals surface area contributed by atoms with Crippen LogP contribution in [0.2, 0.25) is 5.02 Å². The predicted molar refractivity (Wildman–Crippen MR) is 98.2 cm³/mol. The lowest BCUT2D eigenvalue weighted by molar-refractivity contribution is -0.0601. The number of carbonyl (C=O) groups is 1. The third-order valence-electron chi connectivity index (χ3n) is 5.45. The first-order valence-corrected chi connectivity index (χ1v) is 8.85. The minimum Gasteiger partial charge on any atom is -0.465 e. The Kier molecular flexibility index (Phi) is 5.22. The Morgan fingerprint density at radius 1 is 1.33 bits per heavy atom. The largest absolute Gasteiger partial charge is 0.465 e. The van der Waals surface area contributed by atoms with Gasteiger partial charge in [0.15, 0.2) is 0 Å². The maximum absolute atomic E-state index is 11.7. The molecule has 0 saturated carbocycles. The van der Waals surface area contributed by atoms with E-state index in [1.807, 2.05) is 38.1 Å². The molecule has 0 aliphatic carbocycles. The van der Waals surface area contributed by atoms with Crippen LogP contribution in [0.4, 0.5) is 4.79 Å². The Labute approximate surface area is 150 Å². The zero-order chi connectivity index (χ0) is 18.3. The summed E-state index contributed by atoms with van der Waals surface area (Å²) in [6.07, 6.45) is -0.0886. The number of halogens is 1. The first-order chi connectivity index (χ1) is 11.0. The number of carboxylic acid groups (broad SMARTS) is 1. The van der Waals surface area contributed by atoms with E-state index >= 15 is 0 Å². The Bertz CT molecular complexity index is 592. The molecule has 1 aromatic carbocycles. The summed E-state index contributed by atoms with van der Waals surface area (Å²) in [5, 5.41) is 10.3. The third-order valence-corrected chi connectivity index (χ3v) is 5.70. The van der Waals surface area contributed by atoms with Gasteiger partial charge in [-0.15, -0.1) is 0 Å². The molecule has 2 rings (SSSR count). The molecule has 1 amide bonds. The van der Waals surface area contributed by atoms with E-state index in [4.69, 9.17) is 17.3 Å². The van der Waals surface area contributed by atoms with Gasteiger partial charge in [0.25, 0.3) is 0 Å². The molecule has 1 heterocycles. The molecule has 1 aromatic rings. The molecular formula is C19H29ClN2O2. The first-order valence-electron chi connectivity index (χ1n) is 8.48. The van der Waals surface area contributed by atoms with Crippen LogP contribution in [0.3, 0.4) is 0 Å². The molecule has 24 heavy (non-hydrogen) atoms. The second kappa shape index (κ2) is 6.57. The van der Waals surface area contributed by atoms with Gasteiger partial charge in [0.1, 0.15) is 0 Å². The molecule has 1 fully saturated rings. The minimum absolute atomic E-state index is 0.0632. The third kappa shape index (κ3) is 3.55. The van der Waals surface area contributed by atoms with Gasteiger partial charge in [-0.1, -0.05) is 44.5 Å². The van der Waals surface area contributed by atoms with Crippen LogP contribution >= 0.6 is 11.6 Å². The van der Waals surface area contributed by atoms with Gasteiger partial charge in [-0.25, -0.2) is 4.79 Å². The van der Waals surface area contributed by atoms with Crippen LogP contribution in [0, 0.1) is 17.3 Å². The highest BCUT2D eigenvalue weighted by atomic mass is 35.5. The molecule has 5 heteroatoms. The number of piperidine rings is 1. The average Bonchev–Trinajstić information content (AvgIpc) is 2.44. The van der Waals surface area contributed by atoms with Crippen molar-refractivity contribution in [1.82, 2.24) is 4.90 Å². The summed E-state index contributed by atoms with van der Waals surface area (Å²) in [5.41, 5.74) is 7.16. The zero-order valence-corrected chi connectivity index (χ0v) is 16.0. The maximum atomic E-state index is 11.7. The van der Waals surface area contributed by atoms with Crippen LogP contribution < -0.4 is 5.73 Å². The molecular weight excluding hydrogens is 324 g/mol. The fourth-order valence-corrected chi connectivity index (χ4v) is 4.91. The molecule has 3 unspecified atom stereocenters. The van der Waals surface area contributed by atoms with Crippen LogP contribution in [0.5, 0.6) is 0 Å². The number of nitrogens with zero attached hydrogens (tertiary/aromatic N) is 1. The average molecular weight is 353 g/mol. The second-order valence-electron chi connectivity index (χ2n) is 8.46. The van der Waals surface area contributed by atoms with Gasteiger partial charge in [-0.2, -0.15) is 0 Å². The van der Waals surface area contributed by atoms with Crippen molar-refractivity contribution in [2.75, 3.05) is 6.54 Å². The van der Waals surface area contributed by atoms with Gasteiger partial charge in [0, 0.05) is 23.1 Å². The van der Waals surface area contributed by atoms with Crippen molar-refractivity contribution in [3.63, 3.8) is 0 Å². The Balaban J connectivity index is 2.41. The molecule has 3 N–H and O–H groups in total. The van der Waals surface area contributed by atoms with Gasteiger partial charge in [-0.3, -0.25) is 0 Å². The summed E-state index contributed by atoms with van der Waals surface area (Å²) in [6.45, 7) is 11.1. The van der Waals surface area contributed by atoms with Crippen molar-refractivity contribution in [3.8, 4) is 0 Å². The number of nitrogens with two attached hydrogens (primary N) is 1. The molecule has 134 valence electrons. The molecule has 3 atom stereocenters. The van der Waals surface area contributed by atoms with Crippen molar-refractivity contribution in [2.24, 2.45) is 23.0 Å². The summed E-state index contributed by atoms with van der Waals surface area (Å²) in [4.78, 5) is 13.3. The van der Waals surface area contributed by atoms with Crippen molar-refractivity contribution >= 4 is 17.7 Å². The van der Waals surface area contributed by atoms with Gasteiger partial charge < -0.3 is 15.7 Å². The fraction of sp³-hybridized carbons (Fsp3) is 0.632. The SMILES string of the molecule is CC(C)(C)C1C(C(N)c2ccc(Cl)cc2)CCN(C(=O)O)C1(C)C. The Morgan fingerprint density at radius 2 is 1.88 bits per heavy atom. The van der Waals surface area contributed by atoms with E-state index in [9.17, 15) is 9.90 Å². The molecule has 0 bridgehead atoms. The second-order valence-corrected chi connectivity index (χ2v) is 8.90. The van der Waals surface area contributed by atoms with Gasteiger partial charge >= 0.3 is 6.09 Å². The monoisotopic (exact) mass is 352 g/mol. The highest BCUT2D eigenvalue weighted by molar-refractivity contribution is 6.30. The lowest BCUT2D eigenvalue weighted by atomic mass is 9.58. The van der Waals surface area contributed by atoms with Crippen LogP contribution in [-0.2, 0) is 0 Å². The first kappa shape index (κ1) is 19.1. The molecule has 0 aromatic heterocycles. The number of likely N-dealkylation sites (tertiary alicyclic amines) is 1. The number of amides is 1. The lowest BCUT2D eigenvalue weighted by Crippen LogP contribution is -2.62. The van der Waals surface area contributed by atoms with Crippen LogP contribution in [-0.4, -0.2) is 28.2 Å². The number of benzene rings is 1. The predicted octanol–water partition coefficient (Wildman–Crippen LogP) is 4.78. The van der Waals surface area contributed by atoms with Crippen LogP contribution in [0.1, 0.15) is 52.6 Å². The molecule has 1 aliphatic rings. The summed E-state index contributed by atoms with van der Waals surface area (Å²) < 4.78 is 0. The summed E-state index contributed by atoms with van der Waals surface area (Å²) in [5.74, 6) is 0.345. The maximum Gasteiger partial charge on any atom is 0.407 e. The van der Waals surface area contributed by atoms with E-state index in [0.717, 1.165) is 12.0 Å². The standard InChI is InChI=1S/C19H29ClN2O2/c1-18(2,3)16-14(10-11-22(17(23)24)19(16,4)5)15(21)12-6-8-13(20)9-7-12/h6-9,14-16H,10-11,21H2,1-5H3,(H,23,24). The minimum atomic E-state index is -0.854. The molecule has 1 aliphatic heterocycles. The zero-order valence-electron chi connectivity index (χ0n) is 15.2. The van der Waals surface area contributed by atoms with E-state index in [0.29, 0.717) is 11.6 Å². The van der Waals surface area contributed by atoms with E-state index < -0.39 is 11.6 Å². The molecule has 0 radical (unpaired) electrons. The van der Waals surface area contributed by atoms with Crippen molar-refractivity contribution in [3.05, 3.63) is 34.9 Å². The van der Waals surface area contributed by atoms with E-state index in [1.165, 1.54) is 0 Å². The van der Waals surface area contributed by atoms with Crippen molar-refractivity contribution < 1.29 is 9.90 Å². The highest BCUT2D eigenvalue weighted by Gasteiger charge is 2.52. The van der Waals surface area contributed by atoms with Crippen molar-refractivity contribution in [2.45, 2.75) is 52.6 Å². The van der Waals surface area contributed by atoms with Crippen LogP contribution in [0.15, 0.2) is 24.3 Å². The van der Waals surface area contributed by atoms with Crippen LogP contribution in [0.25, 0.3) is 0 Å². The van der Waals surface area contributed by atoms with E-state index in [-0.39, 0.29) is 23.3 Å². The number of hydrogen-bond donors (Lipinski definition) is 2. The molecule has 1 saturated heterocycles. The summed E-state index contributed by atoms with van der Waals surface area (Å²) >= 11 is 5.99. The fourth-order valence-electron chi connectivity index (χ4n) is 4.79. The normalized spacial score (nSPS) is 25.4. The smallest absolute Gasteiger partial charge is 0.407 e. The number of rotatable bonds is 2.